The molecule has 6 nitrogen and oxygen atoms in total. The maximum absolute atomic E-state index is 12.6. The molecule has 1 amide bonds. The number of hydrogen-bond donors (Lipinski definition) is 2. The summed E-state index contributed by atoms with van der Waals surface area (Å²) >= 11 is 3.05. The average molecular weight is 335 g/mol. The summed E-state index contributed by atoms with van der Waals surface area (Å²) in [7, 11) is 0. The van der Waals surface area contributed by atoms with Gasteiger partial charge in [-0.15, -0.1) is 11.3 Å². The third kappa shape index (κ3) is 3.17. The zero-order valence-electron chi connectivity index (χ0n) is 12.2. The predicted molar refractivity (Wildman–Crippen MR) is 89.6 cm³/mol. The average Bonchev–Trinajstić information content (AvgIpc) is 2.92. The van der Waals surface area contributed by atoms with Crippen LogP contribution in [0.4, 0.5) is 11.6 Å². The summed E-state index contributed by atoms with van der Waals surface area (Å²) in [6.07, 6.45) is 0.928. The Kier molecular flexibility index (Phi) is 4.21. The number of thioether (sulfide) groups is 1. The van der Waals surface area contributed by atoms with Crippen molar-refractivity contribution in [2.24, 2.45) is 0 Å². The Morgan fingerprint density at radius 2 is 2.14 bits per heavy atom. The molecular formula is C14H17N5OS2. The highest BCUT2D eigenvalue weighted by Gasteiger charge is 2.26. The molecule has 2 aromatic rings. The van der Waals surface area contributed by atoms with Gasteiger partial charge >= 0.3 is 0 Å². The van der Waals surface area contributed by atoms with Crippen LogP contribution in [0, 0.1) is 0 Å². The monoisotopic (exact) mass is 335 g/mol. The van der Waals surface area contributed by atoms with E-state index in [-0.39, 0.29) is 11.2 Å². The van der Waals surface area contributed by atoms with E-state index in [2.05, 4.69) is 21.4 Å². The number of nitrogen functional groups attached to an aromatic ring is 2. The maximum Gasteiger partial charge on any atom is 0.236 e. The number of aromatic nitrogens is 2. The number of carbonyl (C=O) groups excluding carboxylic acids is 1. The van der Waals surface area contributed by atoms with Crippen LogP contribution in [0.25, 0.3) is 0 Å². The van der Waals surface area contributed by atoms with Crippen LogP contribution in [-0.4, -0.2) is 32.6 Å². The van der Waals surface area contributed by atoms with Crippen LogP contribution in [0.1, 0.15) is 17.4 Å². The molecule has 0 saturated carbocycles. The van der Waals surface area contributed by atoms with Crippen molar-refractivity contribution in [3.05, 3.63) is 28.0 Å². The van der Waals surface area contributed by atoms with E-state index < -0.39 is 0 Å². The van der Waals surface area contributed by atoms with Crippen molar-refractivity contribution < 1.29 is 4.79 Å². The summed E-state index contributed by atoms with van der Waals surface area (Å²) < 4.78 is 0. The molecule has 4 N–H and O–H groups in total. The first-order valence-corrected chi connectivity index (χ1v) is 8.69. The second-order valence-electron chi connectivity index (χ2n) is 5.14. The molecule has 0 bridgehead atoms. The number of nitrogens with two attached hydrogens (primary N) is 2. The Bertz CT molecular complexity index is 682. The van der Waals surface area contributed by atoms with Gasteiger partial charge in [0.15, 0.2) is 5.16 Å². The number of amides is 1. The summed E-state index contributed by atoms with van der Waals surface area (Å²) in [6.45, 7) is 3.30. The third-order valence-electron chi connectivity index (χ3n) is 3.49. The molecule has 3 rings (SSSR count). The highest BCUT2D eigenvalue weighted by Crippen LogP contribution is 2.27. The van der Waals surface area contributed by atoms with E-state index in [4.69, 9.17) is 11.5 Å². The molecule has 2 aromatic heterocycles. The quantitative estimate of drug-likeness (QED) is 0.655. The molecule has 116 valence electrons. The SMILES string of the molecule is CC(Sc1nc(N)cc(N)n1)C(=O)N1CCc2sccc2C1. The first kappa shape index (κ1) is 15.1. The van der Waals surface area contributed by atoms with Gasteiger partial charge in [0.1, 0.15) is 11.6 Å². The zero-order chi connectivity index (χ0) is 15.7. The number of nitrogens with zero attached hydrogens (tertiary/aromatic N) is 3. The molecule has 0 aliphatic carbocycles. The Labute approximate surface area is 136 Å². The van der Waals surface area contributed by atoms with Crippen molar-refractivity contribution in [1.82, 2.24) is 14.9 Å². The van der Waals surface area contributed by atoms with E-state index >= 15 is 0 Å². The fraction of sp³-hybridized carbons (Fsp3) is 0.357. The molecule has 0 saturated heterocycles. The lowest BCUT2D eigenvalue weighted by molar-refractivity contribution is -0.131. The number of fused-ring (bicyclic) bond motifs is 1. The van der Waals surface area contributed by atoms with Crippen LogP contribution in [0.2, 0.25) is 0 Å². The Morgan fingerprint density at radius 3 is 2.86 bits per heavy atom. The summed E-state index contributed by atoms with van der Waals surface area (Å²) in [6, 6.07) is 3.60. The van der Waals surface area contributed by atoms with Crippen molar-refractivity contribution in [3.8, 4) is 0 Å². The Morgan fingerprint density at radius 1 is 1.41 bits per heavy atom. The molecular weight excluding hydrogens is 318 g/mol. The van der Waals surface area contributed by atoms with Crippen molar-refractivity contribution in [1.29, 1.82) is 0 Å². The fourth-order valence-electron chi connectivity index (χ4n) is 2.42. The highest BCUT2D eigenvalue weighted by molar-refractivity contribution is 8.00. The second-order valence-corrected chi connectivity index (χ2v) is 7.45. The van der Waals surface area contributed by atoms with Gasteiger partial charge in [0.25, 0.3) is 0 Å². The van der Waals surface area contributed by atoms with E-state index in [0.29, 0.717) is 23.3 Å². The Balaban J connectivity index is 1.67. The fourth-order valence-corrected chi connectivity index (χ4v) is 4.19. The molecule has 1 unspecified atom stereocenters. The first-order chi connectivity index (χ1) is 10.5. The van der Waals surface area contributed by atoms with Gasteiger partial charge in [0.05, 0.1) is 5.25 Å². The van der Waals surface area contributed by atoms with Crippen LogP contribution in [0.3, 0.4) is 0 Å². The van der Waals surface area contributed by atoms with E-state index in [0.717, 1.165) is 13.0 Å². The van der Waals surface area contributed by atoms with Crippen molar-refractivity contribution in [2.45, 2.75) is 30.3 Å². The molecule has 1 atom stereocenters. The smallest absolute Gasteiger partial charge is 0.236 e. The summed E-state index contributed by atoms with van der Waals surface area (Å²) in [5.41, 5.74) is 12.6. The van der Waals surface area contributed by atoms with E-state index in [9.17, 15) is 4.79 Å². The molecule has 0 aromatic carbocycles. The van der Waals surface area contributed by atoms with Gasteiger partial charge < -0.3 is 16.4 Å². The van der Waals surface area contributed by atoms with E-state index in [1.54, 1.807) is 11.3 Å². The minimum absolute atomic E-state index is 0.0893. The summed E-state index contributed by atoms with van der Waals surface area (Å²) in [5.74, 6) is 0.720. The van der Waals surface area contributed by atoms with Gasteiger partial charge in [-0.25, -0.2) is 9.97 Å². The lowest BCUT2D eigenvalue weighted by atomic mass is 10.1. The molecule has 0 spiro atoms. The van der Waals surface area contributed by atoms with Gasteiger partial charge in [-0.05, 0) is 30.4 Å². The van der Waals surface area contributed by atoms with E-state index in [1.807, 2.05) is 11.8 Å². The number of hydrogen-bond acceptors (Lipinski definition) is 7. The standard InChI is InChI=1S/C14H17N5OS2/c1-8(22-14-17-11(15)6-12(16)18-14)13(20)19-4-2-10-9(7-19)3-5-21-10/h3,5-6,8H,2,4,7H2,1H3,(H4,15,16,17,18). The van der Waals surface area contributed by atoms with Gasteiger partial charge in [-0.1, -0.05) is 11.8 Å². The molecule has 0 fully saturated rings. The third-order valence-corrected chi connectivity index (χ3v) is 5.47. The van der Waals surface area contributed by atoms with E-state index in [1.165, 1.54) is 28.3 Å². The Hall–Kier alpha value is -1.80. The lowest BCUT2D eigenvalue weighted by Crippen LogP contribution is -2.39. The minimum atomic E-state index is -0.276. The summed E-state index contributed by atoms with van der Waals surface area (Å²) in [4.78, 5) is 24.1. The van der Waals surface area contributed by atoms with Gasteiger partial charge in [0.2, 0.25) is 5.91 Å². The molecule has 3 heterocycles. The second kappa shape index (κ2) is 6.13. The van der Waals surface area contributed by atoms with Crippen molar-refractivity contribution in [2.75, 3.05) is 18.0 Å². The largest absolute Gasteiger partial charge is 0.383 e. The van der Waals surface area contributed by atoms with Crippen LogP contribution >= 0.6 is 23.1 Å². The van der Waals surface area contributed by atoms with Crippen LogP contribution < -0.4 is 11.5 Å². The van der Waals surface area contributed by atoms with Crippen molar-refractivity contribution >= 4 is 40.6 Å². The van der Waals surface area contributed by atoms with Gasteiger partial charge in [-0.3, -0.25) is 4.79 Å². The van der Waals surface area contributed by atoms with Crippen LogP contribution in [-0.2, 0) is 17.8 Å². The number of carbonyl (C=O) groups is 1. The summed E-state index contributed by atoms with van der Waals surface area (Å²) in [5, 5.41) is 2.24. The predicted octanol–water partition coefficient (Wildman–Crippen LogP) is 1.77. The molecule has 22 heavy (non-hydrogen) atoms. The van der Waals surface area contributed by atoms with Crippen molar-refractivity contribution in [3.63, 3.8) is 0 Å². The number of anilines is 2. The zero-order valence-corrected chi connectivity index (χ0v) is 13.8. The molecule has 8 heteroatoms. The lowest BCUT2D eigenvalue weighted by Gasteiger charge is -2.29. The number of rotatable bonds is 3. The first-order valence-electron chi connectivity index (χ1n) is 6.93. The van der Waals surface area contributed by atoms with Crippen LogP contribution in [0.5, 0.6) is 0 Å². The minimum Gasteiger partial charge on any atom is -0.383 e. The van der Waals surface area contributed by atoms with Gasteiger partial charge in [0, 0.05) is 24.0 Å². The molecule has 1 aliphatic rings. The number of thiophene rings is 1. The van der Waals surface area contributed by atoms with Gasteiger partial charge in [-0.2, -0.15) is 0 Å². The molecule has 0 radical (unpaired) electrons. The molecule has 1 aliphatic heterocycles. The highest BCUT2D eigenvalue weighted by atomic mass is 32.2. The van der Waals surface area contributed by atoms with Crippen LogP contribution in [0.15, 0.2) is 22.7 Å². The maximum atomic E-state index is 12.6. The normalized spacial score (nSPS) is 15.4. The topological polar surface area (TPSA) is 98.1 Å².